The van der Waals surface area contributed by atoms with E-state index in [9.17, 15) is 14.4 Å². The smallest absolute Gasteiger partial charge is 0.322 e. The van der Waals surface area contributed by atoms with E-state index >= 15 is 0 Å². The van der Waals surface area contributed by atoms with E-state index < -0.39 is 12.1 Å². The molecule has 0 aliphatic carbocycles. The predicted molar refractivity (Wildman–Crippen MR) is 89.1 cm³/mol. The molecular weight excluding hydrogens is 328 g/mol. The van der Waals surface area contributed by atoms with Crippen LogP contribution in [-0.4, -0.2) is 28.9 Å². The molecule has 1 aliphatic heterocycles. The molecule has 24 heavy (non-hydrogen) atoms. The summed E-state index contributed by atoms with van der Waals surface area (Å²) in [6.07, 6.45) is 0.406. The van der Waals surface area contributed by atoms with Crippen molar-refractivity contribution < 1.29 is 14.4 Å². The number of benzene rings is 1. The van der Waals surface area contributed by atoms with Gasteiger partial charge in [0, 0.05) is 17.4 Å². The van der Waals surface area contributed by atoms with E-state index in [0.29, 0.717) is 0 Å². The van der Waals surface area contributed by atoms with Gasteiger partial charge in [0.15, 0.2) is 0 Å². The van der Waals surface area contributed by atoms with Gasteiger partial charge in [-0.3, -0.25) is 14.9 Å². The normalized spacial score (nSPS) is 17.6. The first-order valence-corrected chi connectivity index (χ1v) is 8.37. The van der Waals surface area contributed by atoms with Gasteiger partial charge in [-0.2, -0.15) is 0 Å². The van der Waals surface area contributed by atoms with Crippen molar-refractivity contribution in [3.05, 3.63) is 40.7 Å². The van der Waals surface area contributed by atoms with Crippen LogP contribution in [0.5, 0.6) is 0 Å². The van der Waals surface area contributed by atoms with Gasteiger partial charge in [0.05, 0.1) is 12.2 Å². The zero-order valence-electron chi connectivity index (χ0n) is 12.7. The fraction of sp³-hybridized carbons (Fsp3) is 0.250. The Morgan fingerprint density at radius 2 is 2.08 bits per heavy atom. The number of hydrogen-bond donors (Lipinski definition) is 3. The van der Waals surface area contributed by atoms with Crippen LogP contribution in [0.2, 0.25) is 0 Å². The first kappa shape index (κ1) is 16.1. The third-order valence-electron chi connectivity index (χ3n) is 3.57. The highest BCUT2D eigenvalue weighted by molar-refractivity contribution is 7.09. The van der Waals surface area contributed by atoms with Gasteiger partial charge in [-0.1, -0.05) is 30.3 Å². The quantitative estimate of drug-likeness (QED) is 0.781. The summed E-state index contributed by atoms with van der Waals surface area (Å²) in [5.74, 6) is -0.702. The molecule has 2 heterocycles. The number of nitrogens with zero attached hydrogens (tertiary/aromatic N) is 1. The Kier molecular flexibility index (Phi) is 4.85. The molecule has 1 aromatic heterocycles. The van der Waals surface area contributed by atoms with Crippen molar-refractivity contribution in [2.45, 2.75) is 25.4 Å². The fourth-order valence-electron chi connectivity index (χ4n) is 2.35. The highest BCUT2D eigenvalue weighted by Gasteiger charge is 2.25. The zero-order valence-corrected chi connectivity index (χ0v) is 13.6. The van der Waals surface area contributed by atoms with Crippen LogP contribution in [0.25, 0.3) is 11.3 Å². The molecule has 1 fully saturated rings. The van der Waals surface area contributed by atoms with Crippen molar-refractivity contribution in [3.63, 3.8) is 0 Å². The Morgan fingerprint density at radius 1 is 1.29 bits per heavy atom. The maximum Gasteiger partial charge on any atom is 0.322 e. The van der Waals surface area contributed by atoms with Gasteiger partial charge in [0.25, 0.3) is 0 Å². The summed E-state index contributed by atoms with van der Waals surface area (Å²) in [4.78, 5) is 39.3. The van der Waals surface area contributed by atoms with E-state index in [1.807, 2.05) is 35.7 Å². The van der Waals surface area contributed by atoms with Gasteiger partial charge < -0.3 is 10.6 Å². The Balaban J connectivity index is 1.57. The maximum atomic E-state index is 12.2. The first-order chi connectivity index (χ1) is 11.6. The molecule has 0 radical (unpaired) electrons. The first-order valence-electron chi connectivity index (χ1n) is 7.50. The highest BCUT2D eigenvalue weighted by atomic mass is 32.1. The molecule has 8 heteroatoms. The maximum absolute atomic E-state index is 12.2. The predicted octanol–water partition coefficient (Wildman–Crippen LogP) is 1.41. The van der Waals surface area contributed by atoms with Crippen molar-refractivity contribution in [3.8, 4) is 11.3 Å². The molecule has 3 rings (SSSR count). The molecule has 124 valence electrons. The second-order valence-corrected chi connectivity index (χ2v) is 6.27. The van der Waals surface area contributed by atoms with Gasteiger partial charge in [0.2, 0.25) is 11.8 Å². The van der Waals surface area contributed by atoms with Crippen LogP contribution in [0.4, 0.5) is 4.79 Å². The lowest BCUT2D eigenvalue weighted by Crippen LogP contribution is -2.48. The number of carbonyl (C=O) groups is 3. The van der Waals surface area contributed by atoms with Gasteiger partial charge >= 0.3 is 6.03 Å². The lowest BCUT2D eigenvalue weighted by molar-refractivity contribution is -0.123. The largest absolute Gasteiger partial charge is 0.348 e. The molecule has 0 saturated carbocycles. The van der Waals surface area contributed by atoms with Crippen LogP contribution >= 0.6 is 11.3 Å². The van der Waals surface area contributed by atoms with Crippen LogP contribution in [-0.2, 0) is 16.1 Å². The highest BCUT2D eigenvalue weighted by Crippen LogP contribution is 2.21. The SMILES string of the molecule is O=C1CC[C@@H](C(=O)NCc2nc(-c3ccccc3)cs2)NC(=O)N1. The molecule has 7 nitrogen and oxygen atoms in total. The molecule has 0 unspecified atom stereocenters. The summed E-state index contributed by atoms with van der Waals surface area (Å²) in [7, 11) is 0. The van der Waals surface area contributed by atoms with Gasteiger partial charge in [-0.15, -0.1) is 11.3 Å². The summed E-state index contributed by atoms with van der Waals surface area (Å²) >= 11 is 1.46. The van der Waals surface area contributed by atoms with E-state index in [4.69, 9.17) is 0 Å². The van der Waals surface area contributed by atoms with Gasteiger partial charge in [0.1, 0.15) is 11.0 Å². The molecule has 2 aromatic rings. The molecule has 0 bridgehead atoms. The number of carbonyl (C=O) groups excluding carboxylic acids is 3. The van der Waals surface area contributed by atoms with Crippen molar-refractivity contribution in [1.82, 2.24) is 20.9 Å². The van der Waals surface area contributed by atoms with E-state index in [2.05, 4.69) is 20.9 Å². The molecule has 1 saturated heterocycles. The van der Waals surface area contributed by atoms with Crippen LogP contribution in [0, 0.1) is 0 Å². The molecular formula is C16H16N4O3S. The molecule has 0 spiro atoms. The average molecular weight is 344 g/mol. The third kappa shape index (κ3) is 3.96. The number of aromatic nitrogens is 1. The van der Waals surface area contributed by atoms with E-state index in [-0.39, 0.29) is 31.2 Å². The fourth-order valence-corrected chi connectivity index (χ4v) is 3.09. The minimum atomic E-state index is -0.718. The van der Waals surface area contributed by atoms with Crippen molar-refractivity contribution in [2.75, 3.05) is 0 Å². The minimum absolute atomic E-state index is 0.131. The number of thiazole rings is 1. The molecule has 3 N–H and O–H groups in total. The van der Waals surface area contributed by atoms with Crippen LogP contribution in [0.1, 0.15) is 17.8 Å². The number of hydrogen-bond acceptors (Lipinski definition) is 5. The minimum Gasteiger partial charge on any atom is -0.348 e. The topological polar surface area (TPSA) is 100 Å². The number of urea groups is 1. The third-order valence-corrected chi connectivity index (χ3v) is 4.42. The van der Waals surface area contributed by atoms with Gasteiger partial charge in [-0.25, -0.2) is 9.78 Å². The second-order valence-electron chi connectivity index (χ2n) is 5.32. The standard InChI is InChI=1S/C16H16N4O3S/c21-13-7-6-11(19-16(23)20-13)15(22)17-8-14-18-12(9-24-14)10-4-2-1-3-5-10/h1-5,9,11H,6-8H2,(H,17,22)(H2,19,20,21,23)/t11-/m0/s1. The summed E-state index contributed by atoms with van der Waals surface area (Å²) in [5.41, 5.74) is 1.88. The van der Waals surface area contributed by atoms with Gasteiger partial charge in [-0.05, 0) is 6.42 Å². The molecule has 1 atom stereocenters. The van der Waals surface area contributed by atoms with E-state index in [1.165, 1.54) is 11.3 Å². The van der Waals surface area contributed by atoms with E-state index in [0.717, 1.165) is 16.3 Å². The summed E-state index contributed by atoms with van der Waals surface area (Å²) in [5, 5.41) is 10.1. The Hall–Kier alpha value is -2.74. The van der Waals surface area contributed by atoms with Crippen molar-refractivity contribution >= 4 is 29.2 Å². The second kappa shape index (κ2) is 7.22. The molecule has 1 aromatic carbocycles. The monoisotopic (exact) mass is 344 g/mol. The molecule has 1 aliphatic rings. The molecule has 4 amide bonds. The lowest BCUT2D eigenvalue weighted by Gasteiger charge is -2.14. The summed E-state index contributed by atoms with van der Waals surface area (Å²) in [6.45, 7) is 0.282. The summed E-state index contributed by atoms with van der Waals surface area (Å²) < 4.78 is 0. The van der Waals surface area contributed by atoms with Crippen LogP contribution in [0.15, 0.2) is 35.7 Å². The van der Waals surface area contributed by atoms with Crippen molar-refractivity contribution in [2.24, 2.45) is 0 Å². The van der Waals surface area contributed by atoms with E-state index in [1.54, 1.807) is 0 Å². The number of amides is 4. The number of nitrogens with one attached hydrogen (secondary N) is 3. The Labute approximate surface area is 142 Å². The summed E-state index contributed by atoms with van der Waals surface area (Å²) in [6, 6.07) is 8.42. The Bertz CT molecular complexity index is 760. The lowest BCUT2D eigenvalue weighted by atomic mass is 10.1. The number of imide groups is 1. The van der Waals surface area contributed by atoms with Crippen LogP contribution in [0.3, 0.4) is 0 Å². The number of rotatable bonds is 4. The Morgan fingerprint density at radius 3 is 2.88 bits per heavy atom. The zero-order chi connectivity index (χ0) is 16.9. The van der Waals surface area contributed by atoms with Crippen LogP contribution < -0.4 is 16.0 Å². The average Bonchev–Trinajstić information content (AvgIpc) is 2.99. The van der Waals surface area contributed by atoms with Crippen molar-refractivity contribution in [1.29, 1.82) is 0 Å².